The van der Waals surface area contributed by atoms with Gasteiger partial charge in [-0.25, -0.2) is 0 Å². The summed E-state index contributed by atoms with van der Waals surface area (Å²) in [7, 11) is -2.01. The van der Waals surface area contributed by atoms with Crippen LogP contribution in [-0.4, -0.2) is 21.9 Å². The fourth-order valence-corrected chi connectivity index (χ4v) is 10.2. The Hall–Kier alpha value is -2.34. The van der Waals surface area contributed by atoms with Gasteiger partial charge >= 0.3 is 0 Å². The van der Waals surface area contributed by atoms with Crippen molar-refractivity contribution in [3.63, 3.8) is 0 Å². The maximum absolute atomic E-state index is 11.8. The number of hydrogen-bond donors (Lipinski definition) is 2. The molecule has 0 fully saturated rings. The molecule has 40 heavy (non-hydrogen) atoms. The van der Waals surface area contributed by atoms with Crippen molar-refractivity contribution < 1.29 is 10.2 Å². The summed E-state index contributed by atoms with van der Waals surface area (Å²) in [6.45, 7) is 17.1. The molecular formula is C36H44O2P2. The van der Waals surface area contributed by atoms with Gasteiger partial charge in [-0.3, -0.25) is 0 Å². The normalized spacial score (nSPS) is 12.0. The highest BCUT2D eigenvalue weighted by atomic mass is 31.1. The van der Waals surface area contributed by atoms with Gasteiger partial charge in [0.15, 0.2) is 5.53 Å². The first-order valence-corrected chi connectivity index (χ1v) is 17.1. The van der Waals surface area contributed by atoms with Crippen LogP contribution in [0.25, 0.3) is 0 Å². The van der Waals surface area contributed by atoms with Crippen LogP contribution in [0, 0.1) is 55.4 Å². The molecule has 4 aromatic rings. The minimum absolute atomic E-state index is 0.326. The molecule has 0 bridgehead atoms. The molecule has 4 heteroatoms. The largest absolute Gasteiger partial charge is 0.362 e. The molecule has 0 amide bonds. The lowest BCUT2D eigenvalue weighted by Crippen LogP contribution is -2.35. The van der Waals surface area contributed by atoms with Crippen LogP contribution in [0.15, 0.2) is 72.8 Å². The predicted octanol–water partition coefficient (Wildman–Crippen LogP) is 7.14. The molecule has 0 aliphatic carbocycles. The van der Waals surface area contributed by atoms with Crippen molar-refractivity contribution in [3.8, 4) is 0 Å². The Balaban J connectivity index is 1.66. The van der Waals surface area contributed by atoms with Crippen LogP contribution in [-0.2, 0) is 0 Å². The smallest absolute Gasteiger partial charge is 0.190 e. The minimum atomic E-state index is -1.81. The van der Waals surface area contributed by atoms with Crippen molar-refractivity contribution in [2.24, 2.45) is 0 Å². The van der Waals surface area contributed by atoms with Gasteiger partial charge in [0.25, 0.3) is 0 Å². The van der Waals surface area contributed by atoms with Crippen LogP contribution >= 0.6 is 15.8 Å². The van der Waals surface area contributed by atoms with Gasteiger partial charge in [0, 0.05) is 14.3 Å². The van der Waals surface area contributed by atoms with Gasteiger partial charge in [0.2, 0.25) is 0 Å². The van der Waals surface area contributed by atoms with Gasteiger partial charge in [-0.2, -0.15) is 0 Å². The summed E-state index contributed by atoms with van der Waals surface area (Å²) in [6.07, 6.45) is 1.96. The molecule has 4 aromatic carbocycles. The summed E-state index contributed by atoms with van der Waals surface area (Å²) >= 11 is 0. The first-order valence-electron chi connectivity index (χ1n) is 14.2. The van der Waals surface area contributed by atoms with Gasteiger partial charge in [0.1, 0.15) is 0 Å². The molecule has 0 heterocycles. The van der Waals surface area contributed by atoms with Crippen LogP contribution in [0.1, 0.15) is 57.3 Å². The number of benzene rings is 4. The average molecular weight is 571 g/mol. The van der Waals surface area contributed by atoms with Gasteiger partial charge in [-0.05, 0) is 142 Å². The van der Waals surface area contributed by atoms with E-state index in [9.17, 15) is 10.2 Å². The standard InChI is InChI=1S/C36H44O2P2/c1-24-10-14-32(20-28(24)5)39(33-15-11-25(2)29(6)21-33)19-9-18-36(37,38)40(34-16-12-26(3)30(7)22-34)35-17-13-27(4)31(8)23-35/h10-17,20-23,37-38H,9,18-19H2,1-8H3. The Morgan fingerprint density at radius 2 is 0.800 bits per heavy atom. The molecule has 4 rings (SSSR count). The summed E-state index contributed by atoms with van der Waals surface area (Å²) in [6, 6.07) is 26.3. The highest BCUT2D eigenvalue weighted by Crippen LogP contribution is 2.48. The first kappa shape index (κ1) is 30.6. The number of aliphatic hydroxyl groups is 2. The van der Waals surface area contributed by atoms with Crippen LogP contribution in [0.3, 0.4) is 0 Å². The van der Waals surface area contributed by atoms with E-state index in [-0.39, 0.29) is 0 Å². The third-order valence-electron chi connectivity index (χ3n) is 8.35. The average Bonchev–Trinajstić information content (AvgIpc) is 2.89. The van der Waals surface area contributed by atoms with Crippen molar-refractivity contribution in [1.29, 1.82) is 0 Å². The van der Waals surface area contributed by atoms with E-state index in [4.69, 9.17) is 0 Å². The van der Waals surface area contributed by atoms with Gasteiger partial charge in [0.05, 0.1) is 0 Å². The van der Waals surface area contributed by atoms with E-state index >= 15 is 0 Å². The lowest BCUT2D eigenvalue weighted by atomic mass is 10.1. The SMILES string of the molecule is Cc1ccc(P(CCCC(O)(O)P(c2ccc(C)c(C)c2)c2ccc(C)c(C)c2)c2ccc(C)c(C)c2)cc1C. The van der Waals surface area contributed by atoms with Crippen molar-refractivity contribution in [2.75, 3.05) is 6.16 Å². The van der Waals surface area contributed by atoms with E-state index < -0.39 is 21.4 Å². The van der Waals surface area contributed by atoms with E-state index in [1.165, 1.54) is 55.1 Å². The monoisotopic (exact) mass is 570 g/mol. The zero-order valence-electron chi connectivity index (χ0n) is 25.3. The minimum Gasteiger partial charge on any atom is -0.362 e. The van der Waals surface area contributed by atoms with Gasteiger partial charge < -0.3 is 10.2 Å². The number of hydrogen-bond acceptors (Lipinski definition) is 2. The number of rotatable bonds is 9. The molecule has 0 spiro atoms. The molecule has 0 aromatic heterocycles. The summed E-state index contributed by atoms with van der Waals surface area (Å²) in [5.41, 5.74) is 8.19. The molecule has 0 aliphatic heterocycles. The second kappa shape index (κ2) is 12.7. The van der Waals surface area contributed by atoms with Crippen molar-refractivity contribution in [3.05, 3.63) is 117 Å². The van der Waals surface area contributed by atoms with Crippen LogP contribution in [0.2, 0.25) is 0 Å². The molecule has 0 aliphatic rings. The molecule has 0 saturated carbocycles. The summed E-state index contributed by atoms with van der Waals surface area (Å²) < 4.78 is 0. The van der Waals surface area contributed by atoms with E-state index in [1.54, 1.807) is 0 Å². The third kappa shape index (κ3) is 6.92. The fourth-order valence-electron chi connectivity index (χ4n) is 5.07. The summed E-state index contributed by atoms with van der Waals surface area (Å²) in [5, 5.41) is 28.3. The molecule has 0 radical (unpaired) electrons. The molecule has 0 atom stereocenters. The molecule has 210 valence electrons. The van der Waals surface area contributed by atoms with E-state index in [2.05, 4.69) is 128 Å². The maximum atomic E-state index is 11.8. The van der Waals surface area contributed by atoms with Crippen molar-refractivity contribution in [1.82, 2.24) is 0 Å². The van der Waals surface area contributed by atoms with Gasteiger partial charge in [-0.1, -0.05) is 72.8 Å². The van der Waals surface area contributed by atoms with Crippen LogP contribution in [0.4, 0.5) is 0 Å². The number of aryl methyl sites for hydroxylation is 8. The van der Waals surface area contributed by atoms with Crippen LogP contribution in [0.5, 0.6) is 0 Å². The van der Waals surface area contributed by atoms with Gasteiger partial charge in [-0.15, -0.1) is 0 Å². The third-order valence-corrected chi connectivity index (χ3v) is 13.4. The Labute approximate surface area is 244 Å². The molecule has 2 nitrogen and oxygen atoms in total. The quantitative estimate of drug-likeness (QED) is 0.166. The molecule has 0 saturated heterocycles. The maximum Gasteiger partial charge on any atom is 0.190 e. The summed E-state index contributed by atoms with van der Waals surface area (Å²) in [4.78, 5) is 0. The Bertz CT molecular complexity index is 1400. The lowest BCUT2D eigenvalue weighted by molar-refractivity contribution is -0.0857. The van der Waals surface area contributed by atoms with E-state index in [1.807, 2.05) is 0 Å². The Morgan fingerprint density at radius 1 is 0.475 bits per heavy atom. The van der Waals surface area contributed by atoms with Crippen molar-refractivity contribution in [2.45, 2.75) is 73.8 Å². The van der Waals surface area contributed by atoms with E-state index in [0.29, 0.717) is 6.42 Å². The van der Waals surface area contributed by atoms with Crippen molar-refractivity contribution >= 4 is 37.1 Å². The topological polar surface area (TPSA) is 40.5 Å². The Morgan fingerprint density at radius 3 is 1.15 bits per heavy atom. The second-order valence-corrected chi connectivity index (χ2v) is 16.2. The molecule has 2 N–H and O–H groups in total. The lowest BCUT2D eigenvalue weighted by Gasteiger charge is -2.33. The molecule has 0 unspecified atom stereocenters. The van der Waals surface area contributed by atoms with E-state index in [0.717, 1.165) is 23.2 Å². The fraction of sp³-hybridized carbons (Fsp3) is 0.333. The Kier molecular flexibility index (Phi) is 9.70. The predicted molar refractivity (Wildman–Crippen MR) is 177 cm³/mol. The highest BCUT2D eigenvalue weighted by Gasteiger charge is 2.37. The first-order chi connectivity index (χ1) is 18.9. The highest BCUT2D eigenvalue weighted by molar-refractivity contribution is 7.74. The zero-order valence-corrected chi connectivity index (χ0v) is 27.1. The van der Waals surface area contributed by atoms with Crippen LogP contribution < -0.4 is 21.2 Å². The molecular weight excluding hydrogens is 526 g/mol. The zero-order chi connectivity index (χ0) is 29.2. The summed E-state index contributed by atoms with van der Waals surface area (Å²) in [5.74, 6) is 0. The second-order valence-electron chi connectivity index (χ2n) is 11.4.